The van der Waals surface area contributed by atoms with Gasteiger partial charge in [0.15, 0.2) is 0 Å². The number of hydrogen-bond donors (Lipinski definition) is 0. The molecule has 0 saturated carbocycles. The van der Waals surface area contributed by atoms with E-state index in [1.54, 1.807) is 79.7 Å². The molecule has 3 rings (SSSR count). The van der Waals surface area contributed by atoms with Gasteiger partial charge in [-0.1, -0.05) is 73.9 Å². The van der Waals surface area contributed by atoms with E-state index < -0.39 is 23.7 Å². The van der Waals surface area contributed by atoms with Crippen molar-refractivity contribution in [1.82, 2.24) is 0 Å². The molecule has 3 aromatic rings. The molecule has 0 aromatic heterocycles. The van der Waals surface area contributed by atoms with Gasteiger partial charge in [0.1, 0.15) is 11.5 Å². The molecule has 0 unspecified atom stereocenters. The predicted octanol–water partition coefficient (Wildman–Crippen LogP) is 8.01. The number of hydrogen-bond acceptors (Lipinski definition) is 4. The van der Waals surface area contributed by atoms with Crippen LogP contribution in [0.25, 0.3) is 24.3 Å². The summed E-state index contributed by atoms with van der Waals surface area (Å²) in [6, 6.07) is 17.0. The van der Waals surface area contributed by atoms with Crippen LogP contribution in [0.15, 0.2) is 91.0 Å². The third-order valence-electron chi connectivity index (χ3n) is 5.18. The molecule has 0 aliphatic carbocycles. The quantitative estimate of drug-likeness (QED) is 0.131. The van der Waals surface area contributed by atoms with E-state index in [1.807, 2.05) is 0 Å². The molecule has 0 heterocycles. The lowest BCUT2D eigenvalue weighted by atomic mass is 10.0. The Hall–Kier alpha value is -4.65. The molecule has 0 atom stereocenters. The summed E-state index contributed by atoms with van der Waals surface area (Å²) in [5.41, 5.74) is 1.49. The highest BCUT2D eigenvalue weighted by atomic mass is 19.4. The number of carbonyl (C=O) groups excluding carboxylic acids is 2. The fraction of sp³-hybridized carbons (Fsp3) is 0.0968. The van der Waals surface area contributed by atoms with Gasteiger partial charge in [0.2, 0.25) is 0 Å². The Morgan fingerprint density at radius 2 is 1.05 bits per heavy atom. The first-order chi connectivity index (χ1) is 17.9. The molecule has 38 heavy (non-hydrogen) atoms. The molecule has 0 radical (unpaired) electrons. The van der Waals surface area contributed by atoms with Crippen molar-refractivity contribution < 1.29 is 32.2 Å². The van der Waals surface area contributed by atoms with Gasteiger partial charge in [-0.05, 0) is 66.4 Å². The van der Waals surface area contributed by atoms with Crippen LogP contribution in [-0.4, -0.2) is 11.9 Å². The van der Waals surface area contributed by atoms with Gasteiger partial charge in [-0.25, -0.2) is 9.59 Å². The summed E-state index contributed by atoms with van der Waals surface area (Å²) in [6.07, 6.45) is 1.61. The molecule has 0 aliphatic heterocycles. The molecule has 0 aliphatic rings. The van der Waals surface area contributed by atoms with Crippen LogP contribution in [0.3, 0.4) is 0 Å². The zero-order valence-corrected chi connectivity index (χ0v) is 20.8. The third-order valence-corrected chi connectivity index (χ3v) is 5.18. The van der Waals surface area contributed by atoms with Crippen LogP contribution in [0.4, 0.5) is 13.2 Å². The number of ether oxygens (including phenoxy) is 2. The van der Waals surface area contributed by atoms with Gasteiger partial charge >= 0.3 is 18.1 Å². The third kappa shape index (κ3) is 7.93. The lowest BCUT2D eigenvalue weighted by Crippen LogP contribution is -2.08. The standard InChI is InChI=1S/C31H25F3O4/c1-20(2)29(35)37-26-15-9-22(10-16-26)5-6-24-8-14-25(28(19-24)31(32,33)34)13-7-23-11-17-27(18-12-23)38-30(36)21(3)4/h5-19H,1,3H2,2,4H3. The average Bonchev–Trinajstić information content (AvgIpc) is 2.87. The first-order valence-corrected chi connectivity index (χ1v) is 11.5. The van der Waals surface area contributed by atoms with Crippen LogP contribution >= 0.6 is 0 Å². The molecule has 0 spiro atoms. The van der Waals surface area contributed by atoms with Crippen molar-refractivity contribution in [3.63, 3.8) is 0 Å². The number of benzene rings is 3. The van der Waals surface area contributed by atoms with Crippen molar-refractivity contribution in [3.8, 4) is 11.5 Å². The summed E-state index contributed by atoms with van der Waals surface area (Å²) in [5, 5.41) is 0. The fourth-order valence-corrected chi connectivity index (χ4v) is 3.13. The molecule has 0 N–H and O–H groups in total. The zero-order chi connectivity index (χ0) is 27.9. The van der Waals surface area contributed by atoms with Crippen molar-refractivity contribution in [1.29, 1.82) is 0 Å². The second-order valence-corrected chi connectivity index (χ2v) is 8.49. The summed E-state index contributed by atoms with van der Waals surface area (Å²) < 4.78 is 51.6. The molecule has 3 aromatic carbocycles. The van der Waals surface area contributed by atoms with Gasteiger partial charge in [0, 0.05) is 11.1 Å². The summed E-state index contributed by atoms with van der Waals surface area (Å²) >= 11 is 0. The highest BCUT2D eigenvalue weighted by molar-refractivity contribution is 5.89. The molecular formula is C31H25F3O4. The van der Waals surface area contributed by atoms with Crippen molar-refractivity contribution in [3.05, 3.63) is 119 Å². The molecule has 0 bridgehead atoms. The van der Waals surface area contributed by atoms with E-state index in [0.29, 0.717) is 22.6 Å². The van der Waals surface area contributed by atoms with E-state index >= 15 is 0 Å². The number of rotatable bonds is 8. The molecular weight excluding hydrogens is 493 g/mol. The van der Waals surface area contributed by atoms with Crippen LogP contribution in [0.5, 0.6) is 11.5 Å². The van der Waals surface area contributed by atoms with Crippen LogP contribution in [0.2, 0.25) is 0 Å². The molecule has 4 nitrogen and oxygen atoms in total. The molecule has 194 valence electrons. The first kappa shape index (κ1) is 27.9. The van der Waals surface area contributed by atoms with E-state index in [9.17, 15) is 22.8 Å². The normalized spacial score (nSPS) is 11.5. The number of esters is 2. The van der Waals surface area contributed by atoms with Gasteiger partial charge in [-0.3, -0.25) is 0 Å². The van der Waals surface area contributed by atoms with Crippen LogP contribution in [0.1, 0.15) is 41.7 Å². The summed E-state index contributed by atoms with van der Waals surface area (Å²) in [7, 11) is 0. The Kier molecular flexibility index (Phi) is 8.86. The Morgan fingerprint density at radius 3 is 1.47 bits per heavy atom. The molecule has 0 saturated heterocycles. The van der Waals surface area contributed by atoms with E-state index in [0.717, 1.165) is 11.6 Å². The van der Waals surface area contributed by atoms with Gasteiger partial charge in [-0.2, -0.15) is 13.2 Å². The Labute approximate surface area is 219 Å². The first-order valence-electron chi connectivity index (χ1n) is 11.5. The Balaban J connectivity index is 1.76. The van der Waals surface area contributed by atoms with Gasteiger partial charge in [0.05, 0.1) is 5.56 Å². The maximum absolute atomic E-state index is 13.8. The van der Waals surface area contributed by atoms with Crippen molar-refractivity contribution in [2.45, 2.75) is 20.0 Å². The molecule has 0 fully saturated rings. The average molecular weight is 519 g/mol. The highest BCUT2D eigenvalue weighted by Gasteiger charge is 2.32. The Bertz CT molecular complexity index is 1410. The lowest BCUT2D eigenvalue weighted by molar-refractivity contribution is -0.137. The van der Waals surface area contributed by atoms with E-state index in [2.05, 4.69) is 13.2 Å². The topological polar surface area (TPSA) is 52.6 Å². The SMILES string of the molecule is C=C(C)C(=O)Oc1ccc(C=Cc2ccc(C=Cc3ccc(OC(=O)C(=C)C)cc3)c(C(F)(F)F)c2)cc1. The maximum Gasteiger partial charge on any atom is 0.417 e. The number of halogens is 3. The minimum atomic E-state index is -4.56. The van der Waals surface area contributed by atoms with Crippen LogP contribution in [0, 0.1) is 0 Å². The fourth-order valence-electron chi connectivity index (χ4n) is 3.13. The second-order valence-electron chi connectivity index (χ2n) is 8.49. The lowest BCUT2D eigenvalue weighted by Gasteiger charge is -2.11. The number of carbonyl (C=O) groups is 2. The smallest absolute Gasteiger partial charge is 0.417 e. The van der Waals surface area contributed by atoms with Gasteiger partial charge in [0.25, 0.3) is 0 Å². The minimum absolute atomic E-state index is 0.0103. The molecule has 0 amide bonds. The number of alkyl halides is 3. The Morgan fingerprint density at radius 1 is 0.658 bits per heavy atom. The van der Waals surface area contributed by atoms with Crippen molar-refractivity contribution in [2.24, 2.45) is 0 Å². The van der Waals surface area contributed by atoms with E-state index in [1.165, 1.54) is 19.1 Å². The second kappa shape index (κ2) is 12.1. The summed E-state index contributed by atoms with van der Waals surface area (Å²) in [4.78, 5) is 23.2. The highest BCUT2D eigenvalue weighted by Crippen LogP contribution is 2.34. The van der Waals surface area contributed by atoms with Crippen LogP contribution < -0.4 is 9.47 Å². The molecule has 7 heteroatoms. The minimum Gasteiger partial charge on any atom is -0.423 e. The van der Waals surface area contributed by atoms with Crippen molar-refractivity contribution >= 4 is 36.2 Å². The zero-order valence-electron chi connectivity index (χ0n) is 20.8. The summed E-state index contributed by atoms with van der Waals surface area (Å²) in [5.74, 6) is -0.445. The van der Waals surface area contributed by atoms with Gasteiger partial charge in [-0.15, -0.1) is 0 Å². The largest absolute Gasteiger partial charge is 0.423 e. The van der Waals surface area contributed by atoms with Crippen LogP contribution in [-0.2, 0) is 15.8 Å². The van der Waals surface area contributed by atoms with Crippen molar-refractivity contribution in [2.75, 3.05) is 0 Å². The monoisotopic (exact) mass is 518 g/mol. The van der Waals surface area contributed by atoms with E-state index in [-0.39, 0.29) is 16.7 Å². The maximum atomic E-state index is 13.8. The van der Waals surface area contributed by atoms with Gasteiger partial charge < -0.3 is 9.47 Å². The predicted molar refractivity (Wildman–Crippen MR) is 143 cm³/mol. The summed E-state index contributed by atoms with van der Waals surface area (Å²) in [6.45, 7) is 10.1. The van der Waals surface area contributed by atoms with E-state index in [4.69, 9.17) is 9.47 Å².